The van der Waals surface area contributed by atoms with Gasteiger partial charge in [-0.1, -0.05) is 11.6 Å². The number of ether oxygens (including phenoxy) is 2. The first-order chi connectivity index (χ1) is 11.7. The number of hydrogen-bond acceptors (Lipinski definition) is 3. The van der Waals surface area contributed by atoms with E-state index < -0.39 is 0 Å². The Hall–Kier alpha value is -2.46. The second-order valence-corrected chi connectivity index (χ2v) is 5.87. The fourth-order valence-electron chi connectivity index (χ4n) is 2.67. The van der Waals surface area contributed by atoms with E-state index >= 15 is 0 Å². The second-order valence-electron chi connectivity index (χ2n) is 5.43. The Morgan fingerprint density at radius 3 is 2.58 bits per heavy atom. The third kappa shape index (κ3) is 3.54. The maximum absolute atomic E-state index is 11.2. The van der Waals surface area contributed by atoms with Gasteiger partial charge in [0.25, 0.3) is 0 Å². The molecule has 5 heteroatoms. The molecule has 1 heterocycles. The predicted octanol–water partition coefficient (Wildman–Crippen LogP) is 4.58. The highest BCUT2D eigenvalue weighted by Gasteiger charge is 2.08. The molecule has 0 unspecified atom stereocenters. The van der Waals surface area contributed by atoms with Gasteiger partial charge in [0.1, 0.15) is 11.5 Å². The summed E-state index contributed by atoms with van der Waals surface area (Å²) in [6.07, 6.45) is 3.56. The largest absolute Gasteiger partial charge is 0.497 e. The predicted molar refractivity (Wildman–Crippen MR) is 95.4 cm³/mol. The van der Waals surface area contributed by atoms with E-state index in [-0.39, 0.29) is 0 Å². The van der Waals surface area contributed by atoms with Gasteiger partial charge in [-0.25, -0.2) is 0 Å². The van der Waals surface area contributed by atoms with Gasteiger partial charge in [0, 0.05) is 34.2 Å². The van der Waals surface area contributed by atoms with E-state index in [0.29, 0.717) is 17.2 Å². The molecule has 0 radical (unpaired) electrons. The molecule has 0 aliphatic heterocycles. The van der Waals surface area contributed by atoms with E-state index in [1.165, 1.54) is 0 Å². The Balaban J connectivity index is 1.62. The first-order valence-corrected chi connectivity index (χ1v) is 8.09. The van der Waals surface area contributed by atoms with Crippen LogP contribution in [0.4, 0.5) is 0 Å². The molecule has 0 atom stereocenters. The number of aromatic nitrogens is 1. The van der Waals surface area contributed by atoms with Crippen LogP contribution < -0.4 is 9.47 Å². The molecule has 1 aromatic heterocycles. The average Bonchev–Trinajstić information content (AvgIpc) is 2.96. The van der Waals surface area contributed by atoms with Crippen LogP contribution in [0.25, 0.3) is 10.9 Å². The van der Waals surface area contributed by atoms with Gasteiger partial charge < -0.3 is 14.0 Å². The number of hydrogen-bond donors (Lipinski definition) is 0. The Labute approximate surface area is 145 Å². The number of carbonyl (C=O) groups is 1. The van der Waals surface area contributed by atoms with Crippen molar-refractivity contribution in [2.45, 2.75) is 13.0 Å². The lowest BCUT2D eigenvalue weighted by atomic mass is 10.2. The van der Waals surface area contributed by atoms with Crippen molar-refractivity contribution in [1.29, 1.82) is 0 Å². The number of nitrogens with zero attached hydrogens (tertiary/aromatic N) is 1. The lowest BCUT2D eigenvalue weighted by Gasteiger charge is -2.08. The molecule has 2 aromatic carbocycles. The highest BCUT2D eigenvalue weighted by atomic mass is 35.5. The Morgan fingerprint density at radius 2 is 1.88 bits per heavy atom. The van der Waals surface area contributed by atoms with Crippen molar-refractivity contribution in [3.8, 4) is 11.5 Å². The molecule has 0 aliphatic rings. The number of aryl methyl sites for hydroxylation is 1. The van der Waals surface area contributed by atoms with Crippen LogP contribution in [0.1, 0.15) is 16.8 Å². The van der Waals surface area contributed by atoms with Crippen LogP contribution in [0.2, 0.25) is 5.02 Å². The summed E-state index contributed by atoms with van der Waals surface area (Å²) in [7, 11) is 1.64. The number of halogens is 1. The fraction of sp³-hybridized carbons (Fsp3) is 0.211. The molecular weight excluding hydrogens is 326 g/mol. The van der Waals surface area contributed by atoms with E-state index in [9.17, 15) is 4.79 Å². The van der Waals surface area contributed by atoms with Gasteiger partial charge in [-0.2, -0.15) is 0 Å². The van der Waals surface area contributed by atoms with Gasteiger partial charge in [-0.15, -0.1) is 0 Å². The van der Waals surface area contributed by atoms with Crippen molar-refractivity contribution in [3.05, 3.63) is 59.2 Å². The number of carbonyl (C=O) groups excluding carboxylic acids is 1. The van der Waals surface area contributed by atoms with E-state index in [1.807, 2.05) is 48.7 Å². The fourth-order valence-corrected chi connectivity index (χ4v) is 2.84. The van der Waals surface area contributed by atoms with Gasteiger partial charge >= 0.3 is 0 Å². The topological polar surface area (TPSA) is 40.5 Å². The first-order valence-electron chi connectivity index (χ1n) is 7.71. The van der Waals surface area contributed by atoms with Crippen LogP contribution in [0.3, 0.4) is 0 Å². The number of aldehydes is 1. The summed E-state index contributed by atoms with van der Waals surface area (Å²) in [6, 6.07) is 13.1. The highest BCUT2D eigenvalue weighted by Crippen LogP contribution is 2.24. The summed E-state index contributed by atoms with van der Waals surface area (Å²) in [5.41, 5.74) is 1.66. The number of rotatable bonds is 7. The standard InChI is InChI=1S/C19H18ClNO3/c1-23-16-4-6-17(7-5-16)24-10-2-9-21-12-14(13-22)18-11-15(20)3-8-19(18)21/h3-8,11-13H,2,9-10H2,1H3. The van der Waals surface area contributed by atoms with E-state index in [1.54, 1.807) is 7.11 Å². The molecule has 3 rings (SSSR count). The third-order valence-corrected chi connectivity index (χ3v) is 4.11. The van der Waals surface area contributed by atoms with E-state index in [4.69, 9.17) is 21.1 Å². The van der Waals surface area contributed by atoms with Crippen LogP contribution in [-0.4, -0.2) is 24.6 Å². The molecule has 0 spiro atoms. The molecule has 0 N–H and O–H groups in total. The molecule has 0 saturated heterocycles. The van der Waals surface area contributed by atoms with Gasteiger partial charge in [0.2, 0.25) is 0 Å². The minimum atomic E-state index is 0.593. The average molecular weight is 344 g/mol. The van der Waals surface area contributed by atoms with Crippen molar-refractivity contribution in [2.24, 2.45) is 0 Å². The molecule has 0 saturated carbocycles. The Kier molecular flexibility index (Phi) is 5.06. The minimum Gasteiger partial charge on any atom is -0.497 e. The van der Waals surface area contributed by atoms with Gasteiger partial charge in [0.05, 0.1) is 13.7 Å². The monoisotopic (exact) mass is 343 g/mol. The molecule has 3 aromatic rings. The van der Waals surface area contributed by atoms with Crippen molar-refractivity contribution in [1.82, 2.24) is 4.57 Å². The Morgan fingerprint density at radius 1 is 1.12 bits per heavy atom. The van der Waals surface area contributed by atoms with Gasteiger partial charge in [-0.05, 0) is 48.9 Å². The van der Waals surface area contributed by atoms with Crippen molar-refractivity contribution >= 4 is 28.8 Å². The van der Waals surface area contributed by atoms with E-state index in [2.05, 4.69) is 4.57 Å². The zero-order valence-electron chi connectivity index (χ0n) is 13.4. The molecule has 0 bridgehead atoms. The van der Waals surface area contributed by atoms with Crippen LogP contribution >= 0.6 is 11.6 Å². The molecule has 0 fully saturated rings. The quantitative estimate of drug-likeness (QED) is 0.465. The van der Waals surface area contributed by atoms with Crippen LogP contribution in [0.5, 0.6) is 11.5 Å². The molecule has 0 aliphatic carbocycles. The number of methoxy groups -OCH3 is 1. The normalized spacial score (nSPS) is 10.8. The highest BCUT2D eigenvalue weighted by molar-refractivity contribution is 6.31. The number of fused-ring (bicyclic) bond motifs is 1. The summed E-state index contributed by atoms with van der Waals surface area (Å²) < 4.78 is 12.9. The summed E-state index contributed by atoms with van der Waals surface area (Å²) in [4.78, 5) is 11.2. The van der Waals surface area contributed by atoms with Gasteiger partial charge in [-0.3, -0.25) is 4.79 Å². The molecule has 4 nitrogen and oxygen atoms in total. The van der Waals surface area contributed by atoms with E-state index in [0.717, 1.165) is 41.7 Å². The first kappa shape index (κ1) is 16.4. The minimum absolute atomic E-state index is 0.593. The zero-order chi connectivity index (χ0) is 16.9. The molecular formula is C19H18ClNO3. The molecule has 24 heavy (non-hydrogen) atoms. The maximum Gasteiger partial charge on any atom is 0.152 e. The maximum atomic E-state index is 11.2. The second kappa shape index (κ2) is 7.41. The van der Waals surface area contributed by atoms with Crippen molar-refractivity contribution in [3.63, 3.8) is 0 Å². The van der Waals surface area contributed by atoms with Crippen LogP contribution in [0, 0.1) is 0 Å². The lowest BCUT2D eigenvalue weighted by Crippen LogP contribution is -2.03. The lowest BCUT2D eigenvalue weighted by molar-refractivity contribution is 0.112. The summed E-state index contributed by atoms with van der Waals surface area (Å²) in [5, 5.41) is 1.51. The summed E-state index contributed by atoms with van der Waals surface area (Å²) in [5.74, 6) is 1.62. The molecule has 124 valence electrons. The summed E-state index contributed by atoms with van der Waals surface area (Å²) >= 11 is 6.02. The number of benzene rings is 2. The van der Waals surface area contributed by atoms with Gasteiger partial charge in [0.15, 0.2) is 6.29 Å². The molecule has 0 amide bonds. The van der Waals surface area contributed by atoms with Crippen molar-refractivity contribution < 1.29 is 14.3 Å². The van der Waals surface area contributed by atoms with Crippen LogP contribution in [0.15, 0.2) is 48.7 Å². The van der Waals surface area contributed by atoms with Crippen LogP contribution in [-0.2, 0) is 6.54 Å². The zero-order valence-corrected chi connectivity index (χ0v) is 14.1. The Bertz CT molecular complexity index is 840. The SMILES string of the molecule is COc1ccc(OCCCn2cc(C=O)c3cc(Cl)ccc32)cc1. The third-order valence-electron chi connectivity index (χ3n) is 3.87. The smallest absolute Gasteiger partial charge is 0.152 e. The summed E-state index contributed by atoms with van der Waals surface area (Å²) in [6.45, 7) is 1.36. The van der Waals surface area contributed by atoms with Crippen molar-refractivity contribution in [2.75, 3.05) is 13.7 Å².